The summed E-state index contributed by atoms with van der Waals surface area (Å²) in [5, 5.41) is 10.7. The second-order valence-corrected chi connectivity index (χ2v) is 7.28. The highest BCUT2D eigenvalue weighted by molar-refractivity contribution is 14.0. The molecule has 1 saturated carbocycles. The lowest BCUT2D eigenvalue weighted by atomic mass is 9.64. The summed E-state index contributed by atoms with van der Waals surface area (Å²) in [6.45, 7) is 3.72. The third kappa shape index (κ3) is 5.86. The molecule has 0 amide bonds. The topological polar surface area (TPSA) is 54.2 Å². The number of guanidine groups is 1. The fourth-order valence-corrected chi connectivity index (χ4v) is 3.51. The van der Waals surface area contributed by atoms with Crippen molar-refractivity contribution < 1.29 is 13.2 Å². The minimum atomic E-state index is -4.32. The Morgan fingerprint density at radius 3 is 2.59 bits per heavy atom. The van der Waals surface area contributed by atoms with E-state index in [1.165, 1.54) is 12.1 Å². The van der Waals surface area contributed by atoms with E-state index >= 15 is 0 Å². The molecular weight excluding hydrogens is 494 g/mol. The smallest absolute Gasteiger partial charge is 0.357 e. The molecule has 29 heavy (non-hydrogen) atoms. The number of aryl methyl sites for hydroxylation is 1. The third-order valence-electron chi connectivity index (χ3n) is 5.23. The molecule has 0 unspecified atom stereocenters. The first-order valence-corrected chi connectivity index (χ1v) is 9.50. The molecule has 0 saturated heterocycles. The number of rotatable bonds is 6. The number of aromatic nitrogens is 2. The quantitative estimate of drug-likeness (QED) is 0.340. The maximum atomic E-state index is 13.1. The monoisotopic (exact) mass is 521 g/mol. The van der Waals surface area contributed by atoms with Gasteiger partial charge in [0.05, 0.1) is 18.3 Å². The van der Waals surface area contributed by atoms with Crippen LogP contribution in [0.1, 0.15) is 42.9 Å². The van der Waals surface area contributed by atoms with Crippen molar-refractivity contribution in [2.24, 2.45) is 12.0 Å². The zero-order valence-corrected chi connectivity index (χ0v) is 18.9. The average molecular weight is 521 g/mol. The molecule has 1 heterocycles. The van der Waals surface area contributed by atoms with E-state index < -0.39 is 11.7 Å². The Morgan fingerprint density at radius 1 is 1.28 bits per heavy atom. The van der Waals surface area contributed by atoms with Gasteiger partial charge in [0.25, 0.3) is 0 Å². The second-order valence-electron chi connectivity index (χ2n) is 7.28. The van der Waals surface area contributed by atoms with E-state index in [1.54, 1.807) is 16.9 Å². The van der Waals surface area contributed by atoms with E-state index in [4.69, 9.17) is 0 Å². The van der Waals surface area contributed by atoms with Crippen molar-refractivity contribution in [1.29, 1.82) is 0 Å². The molecule has 2 N–H and O–H groups in total. The SMILES string of the molecule is CCNC(=NCc1cnn(C)c1)NCC1(c2cccc(C(F)(F)F)c2)CCC1.I. The van der Waals surface area contributed by atoms with Crippen molar-refractivity contribution >= 4 is 29.9 Å². The van der Waals surface area contributed by atoms with Gasteiger partial charge in [0, 0.05) is 37.3 Å². The fraction of sp³-hybridized carbons (Fsp3) is 0.500. The first-order chi connectivity index (χ1) is 13.3. The highest BCUT2D eigenvalue weighted by Crippen LogP contribution is 2.44. The summed E-state index contributed by atoms with van der Waals surface area (Å²) in [5.74, 6) is 0.657. The van der Waals surface area contributed by atoms with Crippen LogP contribution in [0.4, 0.5) is 13.2 Å². The molecule has 0 atom stereocenters. The molecule has 0 bridgehead atoms. The maximum Gasteiger partial charge on any atom is 0.416 e. The minimum Gasteiger partial charge on any atom is -0.357 e. The van der Waals surface area contributed by atoms with E-state index in [0.717, 1.165) is 36.5 Å². The molecule has 0 spiro atoms. The van der Waals surface area contributed by atoms with Crippen LogP contribution in [0.3, 0.4) is 0 Å². The van der Waals surface area contributed by atoms with Gasteiger partial charge in [-0.15, -0.1) is 24.0 Å². The standard InChI is InChI=1S/C20H26F3N5.HI/c1-3-24-18(25-11-15-12-27-28(2)13-15)26-14-19(8-5-9-19)16-6-4-7-17(10-16)20(21,22)23;/h4,6-7,10,12-13H,3,5,8-9,11,14H2,1-2H3,(H2,24,25,26);1H. The van der Waals surface area contributed by atoms with Gasteiger partial charge in [-0.1, -0.05) is 24.6 Å². The molecule has 1 aliphatic carbocycles. The lowest BCUT2D eigenvalue weighted by molar-refractivity contribution is -0.137. The Balaban J connectivity index is 0.00000300. The van der Waals surface area contributed by atoms with Gasteiger partial charge in [0.15, 0.2) is 5.96 Å². The third-order valence-corrected chi connectivity index (χ3v) is 5.23. The van der Waals surface area contributed by atoms with Crippen LogP contribution >= 0.6 is 24.0 Å². The Morgan fingerprint density at radius 2 is 2.03 bits per heavy atom. The second kappa shape index (κ2) is 9.82. The van der Waals surface area contributed by atoms with Crippen LogP contribution in [-0.2, 0) is 25.2 Å². The maximum absolute atomic E-state index is 13.1. The van der Waals surface area contributed by atoms with Crippen LogP contribution < -0.4 is 10.6 Å². The number of halogens is 4. The average Bonchev–Trinajstić information content (AvgIpc) is 3.03. The minimum absolute atomic E-state index is 0. The van der Waals surface area contributed by atoms with E-state index in [9.17, 15) is 13.2 Å². The van der Waals surface area contributed by atoms with Crippen molar-refractivity contribution in [3.63, 3.8) is 0 Å². The van der Waals surface area contributed by atoms with Crippen LogP contribution in [0.5, 0.6) is 0 Å². The number of alkyl halides is 3. The van der Waals surface area contributed by atoms with Crippen LogP contribution in [0.2, 0.25) is 0 Å². The zero-order valence-electron chi connectivity index (χ0n) is 16.6. The van der Waals surface area contributed by atoms with Crippen LogP contribution in [0.25, 0.3) is 0 Å². The number of nitrogens with one attached hydrogen (secondary N) is 2. The first kappa shape index (κ1) is 23.5. The predicted molar refractivity (Wildman–Crippen MR) is 118 cm³/mol. The molecule has 9 heteroatoms. The summed E-state index contributed by atoms with van der Waals surface area (Å²) >= 11 is 0. The van der Waals surface area contributed by atoms with Gasteiger partial charge >= 0.3 is 6.18 Å². The highest BCUT2D eigenvalue weighted by Gasteiger charge is 2.40. The molecule has 3 rings (SSSR count). The van der Waals surface area contributed by atoms with Gasteiger partial charge in [-0.2, -0.15) is 18.3 Å². The summed E-state index contributed by atoms with van der Waals surface area (Å²) in [4.78, 5) is 4.57. The Kier molecular flexibility index (Phi) is 7.95. The van der Waals surface area contributed by atoms with Gasteiger partial charge in [-0.3, -0.25) is 4.68 Å². The highest BCUT2D eigenvalue weighted by atomic mass is 127. The Bertz CT molecular complexity index is 828. The largest absolute Gasteiger partial charge is 0.416 e. The van der Waals surface area contributed by atoms with Crippen molar-refractivity contribution in [2.45, 2.75) is 44.3 Å². The summed E-state index contributed by atoms with van der Waals surface area (Å²) in [7, 11) is 1.85. The van der Waals surface area contributed by atoms with E-state index in [-0.39, 0.29) is 29.4 Å². The van der Waals surface area contributed by atoms with Crippen molar-refractivity contribution in [2.75, 3.05) is 13.1 Å². The molecule has 2 aromatic rings. The van der Waals surface area contributed by atoms with Gasteiger partial charge < -0.3 is 10.6 Å². The number of hydrogen-bond donors (Lipinski definition) is 2. The molecule has 0 aliphatic heterocycles. The van der Waals surface area contributed by atoms with Crippen molar-refractivity contribution in [1.82, 2.24) is 20.4 Å². The first-order valence-electron chi connectivity index (χ1n) is 9.50. The fourth-order valence-electron chi connectivity index (χ4n) is 3.51. The molecule has 160 valence electrons. The van der Waals surface area contributed by atoms with Gasteiger partial charge in [0.1, 0.15) is 0 Å². The lowest BCUT2D eigenvalue weighted by Crippen LogP contribution is -2.49. The van der Waals surface area contributed by atoms with Gasteiger partial charge in [-0.05, 0) is 31.4 Å². The molecule has 0 radical (unpaired) electrons. The number of aliphatic imine (C=N–C) groups is 1. The number of nitrogens with zero attached hydrogens (tertiary/aromatic N) is 3. The molecule has 5 nitrogen and oxygen atoms in total. The predicted octanol–water partition coefficient (Wildman–Crippen LogP) is 4.23. The zero-order chi connectivity index (χ0) is 20.2. The molecule has 1 aliphatic rings. The lowest BCUT2D eigenvalue weighted by Gasteiger charge is -2.43. The number of benzene rings is 1. The van der Waals surface area contributed by atoms with Crippen molar-refractivity contribution in [3.8, 4) is 0 Å². The summed E-state index contributed by atoms with van der Waals surface area (Å²) in [5.41, 5.74) is 0.861. The number of hydrogen-bond acceptors (Lipinski definition) is 2. The van der Waals surface area contributed by atoms with Crippen molar-refractivity contribution in [3.05, 3.63) is 53.3 Å². The van der Waals surface area contributed by atoms with Crippen LogP contribution in [-0.4, -0.2) is 28.8 Å². The summed E-state index contributed by atoms with van der Waals surface area (Å²) in [6, 6.07) is 5.72. The molecule has 1 fully saturated rings. The summed E-state index contributed by atoms with van der Waals surface area (Å²) < 4.78 is 41.0. The van der Waals surface area contributed by atoms with Crippen LogP contribution in [0, 0.1) is 0 Å². The van der Waals surface area contributed by atoms with E-state index in [0.29, 0.717) is 25.6 Å². The summed E-state index contributed by atoms with van der Waals surface area (Å²) in [6.07, 6.45) is 2.09. The van der Waals surface area contributed by atoms with E-state index in [2.05, 4.69) is 20.7 Å². The van der Waals surface area contributed by atoms with Crippen LogP contribution in [0.15, 0.2) is 41.7 Å². The Labute approximate surface area is 186 Å². The van der Waals surface area contributed by atoms with E-state index in [1.807, 2.05) is 20.2 Å². The van der Waals surface area contributed by atoms with Gasteiger partial charge in [-0.25, -0.2) is 4.99 Å². The normalized spacial score (nSPS) is 16.0. The Hall–Kier alpha value is -1.78. The molecular formula is C20H27F3IN5. The molecule has 1 aromatic carbocycles. The van der Waals surface area contributed by atoms with Gasteiger partial charge in [0.2, 0.25) is 0 Å². The molecule has 1 aromatic heterocycles.